The van der Waals surface area contributed by atoms with Crippen molar-refractivity contribution in [2.45, 2.75) is 32.1 Å². The van der Waals surface area contributed by atoms with E-state index in [-0.39, 0.29) is 5.92 Å². The van der Waals surface area contributed by atoms with E-state index in [4.69, 9.17) is 0 Å². The second-order valence-corrected chi connectivity index (χ2v) is 4.07. The number of rotatable bonds is 1. The molecule has 2 rings (SSSR count). The summed E-state index contributed by atoms with van der Waals surface area (Å²) in [5.41, 5.74) is 0. The van der Waals surface area contributed by atoms with Crippen LogP contribution < -0.4 is 0 Å². The summed E-state index contributed by atoms with van der Waals surface area (Å²) in [6.07, 6.45) is 14.1. The SMILES string of the molecule is O=C1C=CC=CC1C1CCCCC1. The molecule has 0 amide bonds. The van der Waals surface area contributed by atoms with E-state index < -0.39 is 0 Å². The van der Waals surface area contributed by atoms with Crippen LogP contribution in [0.4, 0.5) is 0 Å². The molecule has 0 spiro atoms. The van der Waals surface area contributed by atoms with Crippen molar-refractivity contribution < 1.29 is 4.79 Å². The van der Waals surface area contributed by atoms with E-state index in [1.165, 1.54) is 32.1 Å². The van der Waals surface area contributed by atoms with Gasteiger partial charge in [-0.1, -0.05) is 37.5 Å². The van der Waals surface area contributed by atoms with Crippen molar-refractivity contribution in [2.75, 3.05) is 0 Å². The van der Waals surface area contributed by atoms with Crippen LogP contribution in [0.3, 0.4) is 0 Å². The van der Waals surface area contributed by atoms with Gasteiger partial charge in [0.1, 0.15) is 0 Å². The zero-order valence-corrected chi connectivity index (χ0v) is 7.91. The minimum absolute atomic E-state index is 0.199. The first kappa shape index (κ1) is 8.74. The Morgan fingerprint density at radius 1 is 1.08 bits per heavy atom. The van der Waals surface area contributed by atoms with Gasteiger partial charge in [0, 0.05) is 5.92 Å². The maximum Gasteiger partial charge on any atom is 0.162 e. The molecule has 0 aliphatic heterocycles. The normalized spacial score (nSPS) is 29.5. The van der Waals surface area contributed by atoms with Crippen molar-refractivity contribution in [1.82, 2.24) is 0 Å². The largest absolute Gasteiger partial charge is 0.294 e. The fraction of sp³-hybridized carbons (Fsp3) is 0.583. The lowest BCUT2D eigenvalue weighted by Gasteiger charge is -2.27. The molecule has 2 aliphatic carbocycles. The molecule has 1 saturated carbocycles. The Labute approximate surface area is 79.5 Å². The maximum absolute atomic E-state index is 11.6. The third-order valence-electron chi connectivity index (χ3n) is 3.18. The highest BCUT2D eigenvalue weighted by molar-refractivity contribution is 5.94. The van der Waals surface area contributed by atoms with Crippen LogP contribution in [0, 0.1) is 11.8 Å². The monoisotopic (exact) mass is 176 g/mol. The van der Waals surface area contributed by atoms with Crippen LogP contribution in [0.5, 0.6) is 0 Å². The third-order valence-corrected chi connectivity index (χ3v) is 3.18. The summed E-state index contributed by atoms with van der Waals surface area (Å²) in [6, 6.07) is 0. The van der Waals surface area contributed by atoms with E-state index in [0.717, 1.165) is 0 Å². The van der Waals surface area contributed by atoms with Gasteiger partial charge < -0.3 is 0 Å². The molecule has 0 bridgehead atoms. The summed E-state index contributed by atoms with van der Waals surface area (Å²) in [7, 11) is 0. The molecule has 1 unspecified atom stereocenters. The van der Waals surface area contributed by atoms with Crippen molar-refractivity contribution in [2.24, 2.45) is 11.8 Å². The summed E-state index contributed by atoms with van der Waals surface area (Å²) in [4.78, 5) is 11.6. The van der Waals surface area contributed by atoms with E-state index in [2.05, 4.69) is 6.08 Å². The maximum atomic E-state index is 11.6. The number of ketones is 1. The second-order valence-electron chi connectivity index (χ2n) is 4.07. The van der Waals surface area contributed by atoms with Crippen LogP contribution >= 0.6 is 0 Å². The lowest BCUT2D eigenvalue weighted by molar-refractivity contribution is -0.118. The lowest BCUT2D eigenvalue weighted by atomic mass is 9.77. The van der Waals surface area contributed by atoms with Gasteiger partial charge in [0.25, 0.3) is 0 Å². The quantitative estimate of drug-likeness (QED) is 0.600. The van der Waals surface area contributed by atoms with Crippen LogP contribution in [0.1, 0.15) is 32.1 Å². The molecule has 0 heterocycles. The Balaban J connectivity index is 2.02. The highest BCUT2D eigenvalue weighted by Crippen LogP contribution is 2.32. The summed E-state index contributed by atoms with van der Waals surface area (Å²) in [5.74, 6) is 1.14. The molecule has 1 atom stereocenters. The predicted octanol–water partition coefficient (Wildman–Crippen LogP) is 2.88. The lowest BCUT2D eigenvalue weighted by Crippen LogP contribution is -2.23. The molecule has 0 aromatic rings. The van der Waals surface area contributed by atoms with E-state index in [9.17, 15) is 4.79 Å². The van der Waals surface area contributed by atoms with Crippen LogP contribution in [-0.2, 0) is 4.79 Å². The van der Waals surface area contributed by atoms with E-state index in [0.29, 0.717) is 11.7 Å². The average Bonchev–Trinajstić information content (AvgIpc) is 2.20. The number of hydrogen-bond acceptors (Lipinski definition) is 1. The van der Waals surface area contributed by atoms with Crippen LogP contribution in [0.2, 0.25) is 0 Å². The molecule has 70 valence electrons. The van der Waals surface area contributed by atoms with Gasteiger partial charge in [-0.15, -0.1) is 0 Å². The van der Waals surface area contributed by atoms with E-state index in [1.54, 1.807) is 6.08 Å². The zero-order valence-electron chi connectivity index (χ0n) is 7.91. The topological polar surface area (TPSA) is 17.1 Å². The Bertz CT molecular complexity index is 244. The molecular weight excluding hydrogens is 160 g/mol. The fourth-order valence-electron chi connectivity index (χ4n) is 2.42. The van der Waals surface area contributed by atoms with Gasteiger partial charge in [-0.25, -0.2) is 0 Å². The predicted molar refractivity (Wildman–Crippen MR) is 53.4 cm³/mol. The van der Waals surface area contributed by atoms with Crippen molar-refractivity contribution in [3.05, 3.63) is 24.3 Å². The smallest absolute Gasteiger partial charge is 0.162 e. The first-order chi connectivity index (χ1) is 6.38. The summed E-state index contributed by atoms with van der Waals surface area (Å²) < 4.78 is 0. The average molecular weight is 176 g/mol. The van der Waals surface area contributed by atoms with Crippen molar-refractivity contribution >= 4 is 5.78 Å². The number of carbonyl (C=O) groups is 1. The summed E-state index contributed by atoms with van der Waals surface area (Å²) in [6.45, 7) is 0. The molecule has 0 N–H and O–H groups in total. The van der Waals surface area contributed by atoms with Gasteiger partial charge in [0.2, 0.25) is 0 Å². The third kappa shape index (κ3) is 1.90. The van der Waals surface area contributed by atoms with Gasteiger partial charge >= 0.3 is 0 Å². The molecule has 13 heavy (non-hydrogen) atoms. The highest BCUT2D eigenvalue weighted by atomic mass is 16.1. The summed E-state index contributed by atoms with van der Waals surface area (Å²) in [5, 5.41) is 0. The van der Waals surface area contributed by atoms with E-state index >= 15 is 0 Å². The fourth-order valence-corrected chi connectivity index (χ4v) is 2.42. The Morgan fingerprint density at radius 2 is 1.85 bits per heavy atom. The number of hydrogen-bond donors (Lipinski definition) is 0. The van der Waals surface area contributed by atoms with E-state index in [1.807, 2.05) is 12.2 Å². The molecule has 1 fully saturated rings. The molecule has 0 radical (unpaired) electrons. The van der Waals surface area contributed by atoms with Gasteiger partial charge in [0.05, 0.1) is 0 Å². The first-order valence-corrected chi connectivity index (χ1v) is 5.26. The molecule has 0 aromatic carbocycles. The number of allylic oxidation sites excluding steroid dienone is 4. The number of carbonyl (C=O) groups excluding carboxylic acids is 1. The molecule has 0 aromatic heterocycles. The first-order valence-electron chi connectivity index (χ1n) is 5.26. The van der Waals surface area contributed by atoms with Crippen molar-refractivity contribution in [1.29, 1.82) is 0 Å². The van der Waals surface area contributed by atoms with Crippen molar-refractivity contribution in [3.8, 4) is 0 Å². The van der Waals surface area contributed by atoms with Gasteiger partial charge in [0.15, 0.2) is 5.78 Å². The molecule has 2 aliphatic rings. The molecule has 1 heteroatoms. The van der Waals surface area contributed by atoms with Gasteiger partial charge in [-0.2, -0.15) is 0 Å². The molecular formula is C12H16O. The Hall–Kier alpha value is -0.850. The van der Waals surface area contributed by atoms with Crippen molar-refractivity contribution in [3.63, 3.8) is 0 Å². The van der Waals surface area contributed by atoms with Gasteiger partial charge in [-0.3, -0.25) is 4.79 Å². The standard InChI is InChI=1S/C12H16O/c13-12-9-5-4-8-11(12)10-6-2-1-3-7-10/h4-5,8-11H,1-3,6-7H2. The highest BCUT2D eigenvalue weighted by Gasteiger charge is 2.26. The second kappa shape index (κ2) is 3.91. The van der Waals surface area contributed by atoms with Gasteiger partial charge in [-0.05, 0) is 24.8 Å². The van der Waals surface area contributed by atoms with Crippen LogP contribution in [0.15, 0.2) is 24.3 Å². The summed E-state index contributed by atoms with van der Waals surface area (Å²) >= 11 is 0. The minimum Gasteiger partial charge on any atom is -0.294 e. The zero-order chi connectivity index (χ0) is 9.10. The van der Waals surface area contributed by atoms with Crippen LogP contribution in [-0.4, -0.2) is 5.78 Å². The Kier molecular flexibility index (Phi) is 2.62. The Morgan fingerprint density at radius 3 is 2.54 bits per heavy atom. The molecule has 0 saturated heterocycles. The molecule has 1 nitrogen and oxygen atoms in total. The minimum atomic E-state index is 0.199. The van der Waals surface area contributed by atoms with Crippen LogP contribution in [0.25, 0.3) is 0 Å².